The first-order valence-corrected chi connectivity index (χ1v) is 7.71. The van der Waals surface area contributed by atoms with Crippen LogP contribution in [-0.4, -0.2) is 44.5 Å². The minimum absolute atomic E-state index is 0.0446. The number of hydrogen-bond donors (Lipinski definition) is 2. The number of morpholine rings is 1. The summed E-state index contributed by atoms with van der Waals surface area (Å²) in [6.07, 6.45) is 0. The Hall–Kier alpha value is -1.20. The van der Waals surface area contributed by atoms with E-state index >= 15 is 0 Å². The van der Waals surface area contributed by atoms with Gasteiger partial charge in [0.1, 0.15) is 0 Å². The molecule has 5 heteroatoms. The van der Waals surface area contributed by atoms with E-state index in [2.05, 4.69) is 28.9 Å². The predicted molar refractivity (Wildman–Crippen MR) is 84.8 cm³/mol. The maximum Gasteiger partial charge on any atom is 0.228 e. The van der Waals surface area contributed by atoms with Crippen molar-refractivity contribution >= 4 is 24.2 Å². The first kappa shape index (κ1) is 15.2. The van der Waals surface area contributed by atoms with Crippen LogP contribution in [0.5, 0.6) is 0 Å². The zero-order valence-electron chi connectivity index (χ0n) is 11.8. The first-order chi connectivity index (χ1) is 9.77. The average molecular weight is 294 g/mol. The molecule has 0 saturated carbocycles. The molecule has 1 amide bonds. The molecule has 0 bridgehead atoms. The van der Waals surface area contributed by atoms with Crippen LogP contribution < -0.4 is 10.2 Å². The van der Waals surface area contributed by atoms with E-state index in [0.717, 1.165) is 37.6 Å². The number of para-hydroxylation sites is 1. The van der Waals surface area contributed by atoms with Crippen molar-refractivity contribution in [3.63, 3.8) is 0 Å². The Labute approximate surface area is 125 Å². The van der Waals surface area contributed by atoms with Crippen molar-refractivity contribution in [3.05, 3.63) is 29.8 Å². The topological polar surface area (TPSA) is 41.6 Å². The second-order valence-electron chi connectivity index (χ2n) is 4.79. The molecule has 0 spiro atoms. The van der Waals surface area contributed by atoms with Crippen LogP contribution in [0.1, 0.15) is 18.4 Å². The van der Waals surface area contributed by atoms with Crippen molar-refractivity contribution < 1.29 is 9.53 Å². The molecule has 1 unspecified atom stereocenters. The standard InChI is InChI=1S/C15H22N2O2S/c1-2-16-15(18)13(11-20)12-5-3-4-6-14(12)17-7-9-19-10-8-17/h3-6,13,20H,2,7-11H2,1H3,(H,16,18). The van der Waals surface area contributed by atoms with E-state index in [0.29, 0.717) is 12.3 Å². The minimum Gasteiger partial charge on any atom is -0.378 e. The number of rotatable bonds is 5. The Morgan fingerprint density at radius 1 is 1.40 bits per heavy atom. The number of carbonyl (C=O) groups is 1. The van der Waals surface area contributed by atoms with Gasteiger partial charge in [-0.3, -0.25) is 4.79 Å². The molecule has 0 aliphatic carbocycles. The smallest absolute Gasteiger partial charge is 0.228 e. The molecular formula is C15H22N2O2S. The second kappa shape index (κ2) is 7.55. The first-order valence-electron chi connectivity index (χ1n) is 7.08. The third-order valence-corrected chi connectivity index (χ3v) is 3.88. The van der Waals surface area contributed by atoms with Crippen LogP contribution in [0.25, 0.3) is 0 Å². The molecule has 1 aromatic rings. The molecule has 1 heterocycles. The van der Waals surface area contributed by atoms with Crippen LogP contribution in [0.15, 0.2) is 24.3 Å². The number of thiol groups is 1. The van der Waals surface area contributed by atoms with Gasteiger partial charge in [-0.25, -0.2) is 0 Å². The van der Waals surface area contributed by atoms with Gasteiger partial charge in [0.2, 0.25) is 5.91 Å². The van der Waals surface area contributed by atoms with Crippen molar-refractivity contribution in [2.45, 2.75) is 12.8 Å². The van der Waals surface area contributed by atoms with Gasteiger partial charge in [0.05, 0.1) is 19.1 Å². The van der Waals surface area contributed by atoms with Crippen molar-refractivity contribution in [1.29, 1.82) is 0 Å². The molecule has 1 atom stereocenters. The van der Waals surface area contributed by atoms with Crippen molar-refractivity contribution in [1.82, 2.24) is 5.32 Å². The monoisotopic (exact) mass is 294 g/mol. The predicted octanol–water partition coefficient (Wildman–Crippen LogP) is 1.67. The fraction of sp³-hybridized carbons (Fsp3) is 0.533. The van der Waals surface area contributed by atoms with E-state index in [-0.39, 0.29) is 11.8 Å². The molecule has 0 aromatic heterocycles. The normalized spacial score (nSPS) is 16.8. The largest absolute Gasteiger partial charge is 0.378 e. The summed E-state index contributed by atoms with van der Waals surface area (Å²) >= 11 is 4.37. The lowest BCUT2D eigenvalue weighted by atomic mass is 9.97. The Morgan fingerprint density at radius 3 is 2.75 bits per heavy atom. The molecule has 1 aliphatic rings. The lowest BCUT2D eigenvalue weighted by Gasteiger charge is -2.32. The van der Waals surface area contributed by atoms with E-state index in [1.807, 2.05) is 25.1 Å². The molecule has 110 valence electrons. The van der Waals surface area contributed by atoms with Gasteiger partial charge in [-0.2, -0.15) is 12.6 Å². The van der Waals surface area contributed by atoms with E-state index in [1.165, 1.54) is 0 Å². The molecule has 1 aromatic carbocycles. The van der Waals surface area contributed by atoms with Gasteiger partial charge in [0.15, 0.2) is 0 Å². The molecule has 1 fully saturated rings. The molecule has 0 radical (unpaired) electrons. The minimum atomic E-state index is -0.211. The van der Waals surface area contributed by atoms with Crippen LogP contribution in [0.2, 0.25) is 0 Å². The molecule has 2 rings (SSSR count). The van der Waals surface area contributed by atoms with Crippen LogP contribution >= 0.6 is 12.6 Å². The molecule has 4 nitrogen and oxygen atoms in total. The summed E-state index contributed by atoms with van der Waals surface area (Å²) in [5, 5.41) is 2.89. The van der Waals surface area contributed by atoms with Crippen molar-refractivity contribution in [2.75, 3.05) is 43.5 Å². The number of nitrogens with one attached hydrogen (secondary N) is 1. The van der Waals surface area contributed by atoms with E-state index in [1.54, 1.807) is 0 Å². The van der Waals surface area contributed by atoms with Crippen LogP contribution in [0.4, 0.5) is 5.69 Å². The molecule has 20 heavy (non-hydrogen) atoms. The number of anilines is 1. The number of hydrogen-bond acceptors (Lipinski definition) is 4. The van der Waals surface area contributed by atoms with Gasteiger partial charge in [-0.1, -0.05) is 18.2 Å². The lowest BCUT2D eigenvalue weighted by Crippen LogP contribution is -2.38. The third kappa shape index (κ3) is 3.46. The number of amides is 1. The van der Waals surface area contributed by atoms with Gasteiger partial charge >= 0.3 is 0 Å². The summed E-state index contributed by atoms with van der Waals surface area (Å²) in [5.74, 6) is 0.341. The second-order valence-corrected chi connectivity index (χ2v) is 5.15. The highest BCUT2D eigenvalue weighted by Crippen LogP contribution is 2.29. The fourth-order valence-electron chi connectivity index (χ4n) is 2.49. The number of likely N-dealkylation sites (N-methyl/N-ethyl adjacent to an activating group) is 1. The highest BCUT2D eigenvalue weighted by molar-refractivity contribution is 7.80. The average Bonchev–Trinajstić information content (AvgIpc) is 2.50. The summed E-state index contributed by atoms with van der Waals surface area (Å²) in [7, 11) is 0. The van der Waals surface area contributed by atoms with Crippen LogP contribution in [0, 0.1) is 0 Å². The van der Waals surface area contributed by atoms with Gasteiger partial charge in [0.25, 0.3) is 0 Å². The van der Waals surface area contributed by atoms with E-state index in [4.69, 9.17) is 4.74 Å². The quantitative estimate of drug-likeness (QED) is 0.812. The maximum atomic E-state index is 12.2. The highest BCUT2D eigenvalue weighted by Gasteiger charge is 2.24. The van der Waals surface area contributed by atoms with Gasteiger partial charge in [-0.15, -0.1) is 0 Å². The number of ether oxygens (including phenoxy) is 1. The lowest BCUT2D eigenvalue weighted by molar-refractivity contribution is -0.121. The van der Waals surface area contributed by atoms with Crippen molar-refractivity contribution in [2.24, 2.45) is 0 Å². The third-order valence-electron chi connectivity index (χ3n) is 3.51. The summed E-state index contributed by atoms with van der Waals surface area (Å²) in [5.41, 5.74) is 2.18. The number of nitrogens with zero attached hydrogens (tertiary/aromatic N) is 1. The summed E-state index contributed by atoms with van der Waals surface area (Å²) in [6, 6.07) is 8.10. The van der Waals surface area contributed by atoms with E-state index < -0.39 is 0 Å². The zero-order valence-corrected chi connectivity index (χ0v) is 12.7. The Kier molecular flexibility index (Phi) is 5.73. The van der Waals surface area contributed by atoms with Crippen molar-refractivity contribution in [3.8, 4) is 0 Å². The number of carbonyl (C=O) groups excluding carboxylic acids is 1. The molecule has 1 N–H and O–H groups in total. The summed E-state index contributed by atoms with van der Waals surface area (Å²) in [4.78, 5) is 14.5. The van der Waals surface area contributed by atoms with Gasteiger partial charge in [0, 0.05) is 31.1 Å². The number of benzene rings is 1. The van der Waals surface area contributed by atoms with Gasteiger partial charge < -0.3 is 15.0 Å². The van der Waals surface area contributed by atoms with E-state index in [9.17, 15) is 4.79 Å². The highest BCUT2D eigenvalue weighted by atomic mass is 32.1. The molecule has 1 aliphatic heterocycles. The zero-order chi connectivity index (χ0) is 14.4. The summed E-state index contributed by atoms with van der Waals surface area (Å²) < 4.78 is 5.40. The van der Waals surface area contributed by atoms with Gasteiger partial charge in [-0.05, 0) is 18.6 Å². The Bertz CT molecular complexity index is 447. The Morgan fingerprint density at radius 2 is 2.10 bits per heavy atom. The maximum absolute atomic E-state index is 12.2. The van der Waals surface area contributed by atoms with Crippen LogP contribution in [-0.2, 0) is 9.53 Å². The summed E-state index contributed by atoms with van der Waals surface area (Å²) in [6.45, 7) is 5.78. The van der Waals surface area contributed by atoms with Crippen LogP contribution in [0.3, 0.4) is 0 Å². The molecular weight excluding hydrogens is 272 g/mol. The Balaban J connectivity index is 2.27. The molecule has 1 saturated heterocycles. The SMILES string of the molecule is CCNC(=O)C(CS)c1ccccc1N1CCOCC1. The fourth-order valence-corrected chi connectivity index (χ4v) is 2.86.